The summed E-state index contributed by atoms with van der Waals surface area (Å²) in [5.74, 6) is -0.434. The molecule has 0 fully saturated rings. The summed E-state index contributed by atoms with van der Waals surface area (Å²) in [6, 6.07) is 11.9. The highest BCUT2D eigenvalue weighted by Gasteiger charge is 2.07. The number of halogens is 1. The number of carbonyl (C=O) groups is 1. The van der Waals surface area contributed by atoms with E-state index in [4.69, 9.17) is 5.26 Å². The first kappa shape index (κ1) is 14.7. The Kier molecular flexibility index (Phi) is 4.34. The molecule has 0 bridgehead atoms. The van der Waals surface area contributed by atoms with Gasteiger partial charge in [-0.25, -0.2) is 4.39 Å². The number of carbonyl (C=O) groups excluding carboxylic acids is 1. The van der Waals surface area contributed by atoms with Crippen molar-refractivity contribution in [1.82, 2.24) is 5.32 Å². The highest BCUT2D eigenvalue weighted by atomic mass is 19.1. The van der Waals surface area contributed by atoms with Crippen molar-refractivity contribution < 1.29 is 9.18 Å². The molecular formula is C17H15FN2O. The first-order chi connectivity index (χ1) is 10.0. The minimum Gasteiger partial charge on any atom is -0.348 e. The van der Waals surface area contributed by atoms with Gasteiger partial charge in [0.1, 0.15) is 5.82 Å². The number of hydrogen-bond donors (Lipinski definition) is 1. The molecule has 0 aromatic heterocycles. The maximum atomic E-state index is 13.5. The standard InChI is InChI=1S/C17H15FN2O/c1-11-7-14(8-12(2)16(11)18)10-20-17(21)15-5-3-13(9-19)4-6-15/h3-8H,10H2,1-2H3,(H,20,21). The normalized spacial score (nSPS) is 10.0. The van der Waals surface area contributed by atoms with E-state index in [0.29, 0.717) is 28.8 Å². The third kappa shape index (κ3) is 3.46. The zero-order valence-electron chi connectivity index (χ0n) is 11.9. The van der Waals surface area contributed by atoms with Gasteiger partial charge in [0, 0.05) is 12.1 Å². The van der Waals surface area contributed by atoms with Gasteiger partial charge in [-0.15, -0.1) is 0 Å². The molecule has 4 heteroatoms. The smallest absolute Gasteiger partial charge is 0.251 e. The Labute approximate surface area is 123 Å². The number of aryl methyl sites for hydroxylation is 2. The van der Waals surface area contributed by atoms with Gasteiger partial charge in [0.2, 0.25) is 0 Å². The van der Waals surface area contributed by atoms with Gasteiger partial charge >= 0.3 is 0 Å². The van der Waals surface area contributed by atoms with Crippen molar-refractivity contribution in [1.29, 1.82) is 5.26 Å². The van der Waals surface area contributed by atoms with Crippen LogP contribution in [0.4, 0.5) is 4.39 Å². The van der Waals surface area contributed by atoms with Crippen LogP contribution in [0.2, 0.25) is 0 Å². The van der Waals surface area contributed by atoms with Crippen LogP contribution in [-0.2, 0) is 6.54 Å². The van der Waals surface area contributed by atoms with E-state index in [-0.39, 0.29) is 11.7 Å². The highest BCUT2D eigenvalue weighted by molar-refractivity contribution is 5.94. The fourth-order valence-corrected chi connectivity index (χ4v) is 2.12. The number of nitrogens with zero attached hydrogens (tertiary/aromatic N) is 1. The average Bonchev–Trinajstić information content (AvgIpc) is 2.50. The average molecular weight is 282 g/mol. The van der Waals surface area contributed by atoms with E-state index in [2.05, 4.69) is 5.32 Å². The van der Waals surface area contributed by atoms with Crippen LogP contribution in [0.15, 0.2) is 36.4 Å². The van der Waals surface area contributed by atoms with E-state index < -0.39 is 0 Å². The number of amides is 1. The van der Waals surface area contributed by atoms with Gasteiger partial charge in [0.05, 0.1) is 11.6 Å². The first-order valence-corrected chi connectivity index (χ1v) is 6.55. The minimum atomic E-state index is -0.223. The van der Waals surface area contributed by atoms with E-state index in [1.807, 2.05) is 6.07 Å². The Morgan fingerprint density at radius 2 is 1.76 bits per heavy atom. The van der Waals surface area contributed by atoms with E-state index in [0.717, 1.165) is 5.56 Å². The zero-order chi connectivity index (χ0) is 15.4. The summed E-state index contributed by atoms with van der Waals surface area (Å²) in [6.45, 7) is 3.74. The van der Waals surface area contributed by atoms with E-state index >= 15 is 0 Å². The third-order valence-electron chi connectivity index (χ3n) is 3.23. The lowest BCUT2D eigenvalue weighted by Crippen LogP contribution is -2.22. The molecule has 2 aromatic rings. The Bertz CT molecular complexity index is 692. The van der Waals surface area contributed by atoms with Gasteiger partial charge in [-0.3, -0.25) is 4.79 Å². The van der Waals surface area contributed by atoms with Crippen molar-refractivity contribution >= 4 is 5.91 Å². The molecule has 0 atom stereocenters. The molecule has 0 unspecified atom stereocenters. The Morgan fingerprint density at radius 3 is 2.29 bits per heavy atom. The van der Waals surface area contributed by atoms with Crippen LogP contribution in [-0.4, -0.2) is 5.91 Å². The van der Waals surface area contributed by atoms with Crippen LogP contribution in [0.3, 0.4) is 0 Å². The number of nitriles is 1. The van der Waals surface area contributed by atoms with Gasteiger partial charge in [0.25, 0.3) is 5.91 Å². The Balaban J connectivity index is 2.05. The van der Waals surface area contributed by atoms with Gasteiger partial charge < -0.3 is 5.32 Å². The zero-order valence-corrected chi connectivity index (χ0v) is 11.9. The lowest BCUT2D eigenvalue weighted by Gasteiger charge is -2.08. The number of benzene rings is 2. The summed E-state index contributed by atoms with van der Waals surface area (Å²) in [6.07, 6.45) is 0. The topological polar surface area (TPSA) is 52.9 Å². The van der Waals surface area contributed by atoms with Gasteiger partial charge in [-0.05, 0) is 54.8 Å². The van der Waals surface area contributed by atoms with Gasteiger partial charge in [-0.1, -0.05) is 12.1 Å². The molecule has 1 N–H and O–H groups in total. The van der Waals surface area contributed by atoms with Gasteiger partial charge in [0.15, 0.2) is 0 Å². The fourth-order valence-electron chi connectivity index (χ4n) is 2.12. The molecule has 0 heterocycles. The lowest BCUT2D eigenvalue weighted by atomic mass is 10.1. The molecule has 2 aromatic carbocycles. The maximum Gasteiger partial charge on any atom is 0.251 e. The number of rotatable bonds is 3. The Hall–Kier alpha value is -2.67. The Morgan fingerprint density at radius 1 is 1.19 bits per heavy atom. The molecule has 0 radical (unpaired) electrons. The predicted octanol–water partition coefficient (Wildman–Crippen LogP) is 3.24. The summed E-state index contributed by atoms with van der Waals surface area (Å²) in [4.78, 5) is 12.0. The third-order valence-corrected chi connectivity index (χ3v) is 3.23. The molecule has 106 valence electrons. The van der Waals surface area contributed by atoms with Crippen molar-refractivity contribution in [3.05, 3.63) is 70.0 Å². The monoisotopic (exact) mass is 282 g/mol. The van der Waals surface area contributed by atoms with E-state index in [9.17, 15) is 9.18 Å². The largest absolute Gasteiger partial charge is 0.348 e. The van der Waals surface area contributed by atoms with E-state index in [1.165, 1.54) is 0 Å². The highest BCUT2D eigenvalue weighted by Crippen LogP contribution is 2.14. The van der Waals surface area contributed by atoms with Crippen LogP contribution in [0, 0.1) is 31.0 Å². The van der Waals surface area contributed by atoms with Crippen LogP contribution in [0.5, 0.6) is 0 Å². The van der Waals surface area contributed by atoms with Crippen molar-refractivity contribution in [2.45, 2.75) is 20.4 Å². The summed E-state index contributed by atoms with van der Waals surface area (Å²) in [7, 11) is 0. The molecule has 0 aliphatic carbocycles. The second kappa shape index (κ2) is 6.19. The quantitative estimate of drug-likeness (QED) is 0.939. The van der Waals surface area contributed by atoms with Crippen molar-refractivity contribution in [3.8, 4) is 6.07 Å². The molecule has 0 saturated carbocycles. The molecule has 0 aliphatic heterocycles. The first-order valence-electron chi connectivity index (χ1n) is 6.55. The van der Waals surface area contributed by atoms with Crippen LogP contribution >= 0.6 is 0 Å². The van der Waals surface area contributed by atoms with Crippen molar-refractivity contribution in [2.24, 2.45) is 0 Å². The second-order valence-corrected chi connectivity index (χ2v) is 4.92. The van der Waals surface area contributed by atoms with Crippen molar-refractivity contribution in [3.63, 3.8) is 0 Å². The summed E-state index contributed by atoms with van der Waals surface area (Å²) >= 11 is 0. The molecular weight excluding hydrogens is 267 g/mol. The number of nitrogens with one attached hydrogen (secondary N) is 1. The molecule has 2 rings (SSSR count). The van der Waals surface area contributed by atoms with Gasteiger partial charge in [-0.2, -0.15) is 5.26 Å². The van der Waals surface area contributed by atoms with Crippen LogP contribution in [0.1, 0.15) is 32.6 Å². The lowest BCUT2D eigenvalue weighted by molar-refractivity contribution is 0.0951. The van der Waals surface area contributed by atoms with Crippen molar-refractivity contribution in [2.75, 3.05) is 0 Å². The summed E-state index contributed by atoms with van der Waals surface area (Å²) in [5.41, 5.74) is 2.99. The molecule has 0 spiro atoms. The summed E-state index contributed by atoms with van der Waals surface area (Å²) < 4.78 is 13.5. The molecule has 0 saturated heterocycles. The SMILES string of the molecule is Cc1cc(CNC(=O)c2ccc(C#N)cc2)cc(C)c1F. The molecule has 1 amide bonds. The second-order valence-electron chi connectivity index (χ2n) is 4.92. The molecule has 3 nitrogen and oxygen atoms in total. The van der Waals surface area contributed by atoms with E-state index in [1.54, 1.807) is 50.2 Å². The van der Waals surface area contributed by atoms with Crippen LogP contribution in [0.25, 0.3) is 0 Å². The van der Waals surface area contributed by atoms with Crippen LogP contribution < -0.4 is 5.32 Å². The molecule has 0 aliphatic rings. The maximum absolute atomic E-state index is 13.5. The minimum absolute atomic E-state index is 0.211. The molecule has 21 heavy (non-hydrogen) atoms. The fraction of sp³-hybridized carbons (Fsp3) is 0.176. The number of hydrogen-bond acceptors (Lipinski definition) is 2. The predicted molar refractivity (Wildman–Crippen MR) is 78.2 cm³/mol. The summed E-state index contributed by atoms with van der Waals surface area (Å²) in [5, 5.41) is 11.5.